The van der Waals surface area contributed by atoms with Gasteiger partial charge in [0.05, 0.1) is 11.8 Å². The predicted molar refractivity (Wildman–Crippen MR) is 104 cm³/mol. The van der Waals surface area contributed by atoms with Crippen LogP contribution in [0, 0.1) is 11.6 Å². The van der Waals surface area contributed by atoms with Crippen LogP contribution < -0.4 is 4.72 Å². The molecule has 28 heavy (non-hydrogen) atoms. The van der Waals surface area contributed by atoms with Crippen molar-refractivity contribution in [3.05, 3.63) is 59.9 Å². The van der Waals surface area contributed by atoms with Gasteiger partial charge in [0, 0.05) is 23.5 Å². The van der Waals surface area contributed by atoms with Crippen molar-refractivity contribution in [2.75, 3.05) is 6.54 Å². The van der Waals surface area contributed by atoms with E-state index in [4.69, 9.17) is 4.55 Å². The van der Waals surface area contributed by atoms with E-state index in [-0.39, 0.29) is 12.1 Å². The van der Waals surface area contributed by atoms with Gasteiger partial charge in [0.25, 0.3) is 0 Å². The molecule has 0 radical (unpaired) electrons. The molecular weight excluding hydrogens is 386 g/mol. The minimum atomic E-state index is -2.10. The molecular formula is C19H16F2N4O2S. The molecule has 1 unspecified atom stereocenters. The maximum absolute atomic E-state index is 15.0. The van der Waals surface area contributed by atoms with Crippen molar-refractivity contribution in [2.24, 2.45) is 0 Å². The zero-order valence-corrected chi connectivity index (χ0v) is 15.4. The highest BCUT2D eigenvalue weighted by Gasteiger charge is 2.16. The fourth-order valence-electron chi connectivity index (χ4n) is 3.27. The Morgan fingerprint density at radius 2 is 2.00 bits per heavy atom. The average Bonchev–Trinajstić information content (AvgIpc) is 3.15. The van der Waals surface area contributed by atoms with Crippen LogP contribution in [0.15, 0.2) is 42.7 Å². The van der Waals surface area contributed by atoms with E-state index in [9.17, 15) is 8.60 Å². The Bertz CT molecular complexity index is 1200. The lowest BCUT2D eigenvalue weighted by Gasteiger charge is -2.11. The molecule has 0 amide bonds. The predicted octanol–water partition coefficient (Wildman–Crippen LogP) is 3.72. The standard InChI is InChI=1S/C19H16F2N4O2S/c20-16-6-4-11(2-1-7-24-28(26)27)18(21)17(16)12-3-5-14-13(8-12)9-22-19-15(14)10-23-25-19/h3-6,8-10,24H,1-2,7H2,(H,26,27)(H,22,23,25). The number of hydrogen-bond donors (Lipinski definition) is 3. The van der Waals surface area contributed by atoms with E-state index in [1.54, 1.807) is 30.6 Å². The van der Waals surface area contributed by atoms with Gasteiger partial charge in [0.1, 0.15) is 11.6 Å². The molecule has 0 aliphatic heterocycles. The Balaban J connectivity index is 1.70. The molecule has 0 spiro atoms. The first kappa shape index (κ1) is 18.6. The van der Waals surface area contributed by atoms with Crippen LogP contribution in [-0.2, 0) is 17.7 Å². The summed E-state index contributed by atoms with van der Waals surface area (Å²) < 4.78 is 51.1. The van der Waals surface area contributed by atoms with Gasteiger partial charge in [-0.05, 0) is 41.5 Å². The first-order valence-electron chi connectivity index (χ1n) is 8.58. The zero-order valence-electron chi connectivity index (χ0n) is 14.6. The van der Waals surface area contributed by atoms with Crippen LogP contribution in [0.25, 0.3) is 32.9 Å². The third kappa shape index (κ3) is 3.51. The van der Waals surface area contributed by atoms with Gasteiger partial charge in [-0.25, -0.2) is 22.7 Å². The molecule has 1 atom stereocenters. The van der Waals surface area contributed by atoms with Gasteiger partial charge in [0.2, 0.25) is 11.3 Å². The first-order valence-corrected chi connectivity index (χ1v) is 9.68. The van der Waals surface area contributed by atoms with E-state index < -0.39 is 22.9 Å². The third-order valence-electron chi connectivity index (χ3n) is 4.60. The molecule has 0 saturated carbocycles. The van der Waals surface area contributed by atoms with Gasteiger partial charge in [-0.3, -0.25) is 9.65 Å². The van der Waals surface area contributed by atoms with E-state index in [2.05, 4.69) is 19.9 Å². The fourth-order valence-corrected chi connectivity index (χ4v) is 3.59. The molecule has 4 aromatic rings. The van der Waals surface area contributed by atoms with Crippen LogP contribution >= 0.6 is 0 Å². The van der Waals surface area contributed by atoms with Crippen molar-refractivity contribution in [1.82, 2.24) is 19.9 Å². The summed E-state index contributed by atoms with van der Waals surface area (Å²) in [7, 11) is 0. The Labute approximate surface area is 161 Å². The number of rotatable bonds is 6. The number of nitrogens with zero attached hydrogens (tertiary/aromatic N) is 2. The van der Waals surface area contributed by atoms with Crippen molar-refractivity contribution in [1.29, 1.82) is 0 Å². The third-order valence-corrected chi connectivity index (χ3v) is 5.05. The second kappa shape index (κ2) is 7.70. The Morgan fingerprint density at radius 1 is 1.14 bits per heavy atom. The molecule has 0 saturated heterocycles. The van der Waals surface area contributed by atoms with Crippen molar-refractivity contribution in [2.45, 2.75) is 12.8 Å². The number of halogens is 2. The van der Waals surface area contributed by atoms with E-state index >= 15 is 4.39 Å². The van der Waals surface area contributed by atoms with Crippen LogP contribution in [0.4, 0.5) is 8.78 Å². The van der Waals surface area contributed by atoms with Gasteiger partial charge in [-0.1, -0.05) is 18.2 Å². The van der Waals surface area contributed by atoms with Gasteiger partial charge < -0.3 is 0 Å². The molecule has 2 aromatic carbocycles. The van der Waals surface area contributed by atoms with Gasteiger partial charge in [0.15, 0.2) is 5.65 Å². The molecule has 0 bridgehead atoms. The maximum atomic E-state index is 15.0. The average molecular weight is 402 g/mol. The number of fused-ring (bicyclic) bond motifs is 3. The molecule has 9 heteroatoms. The Hall–Kier alpha value is -2.75. The molecule has 3 N–H and O–H groups in total. The fraction of sp³-hybridized carbons (Fsp3) is 0.158. The molecule has 6 nitrogen and oxygen atoms in total. The summed E-state index contributed by atoms with van der Waals surface area (Å²) in [5.74, 6) is -1.27. The highest BCUT2D eigenvalue weighted by molar-refractivity contribution is 7.77. The van der Waals surface area contributed by atoms with Crippen LogP contribution in [-0.4, -0.2) is 30.5 Å². The Kier molecular flexibility index (Phi) is 5.12. The SMILES string of the molecule is O=S(O)NCCCc1ccc(F)c(-c2ccc3c(cnc4[nH]ncc43)c2)c1F. The number of pyridine rings is 1. The van der Waals surface area contributed by atoms with E-state index in [0.29, 0.717) is 29.6 Å². The van der Waals surface area contributed by atoms with Crippen LogP contribution in [0.1, 0.15) is 12.0 Å². The van der Waals surface area contributed by atoms with Crippen molar-refractivity contribution in [3.8, 4) is 11.1 Å². The summed E-state index contributed by atoms with van der Waals surface area (Å²) in [6, 6.07) is 7.83. The number of hydrogen-bond acceptors (Lipinski definition) is 3. The smallest absolute Gasteiger partial charge is 0.231 e. The largest absolute Gasteiger partial charge is 0.294 e. The minimum Gasteiger partial charge on any atom is -0.294 e. The van der Waals surface area contributed by atoms with Crippen LogP contribution in [0.2, 0.25) is 0 Å². The zero-order chi connectivity index (χ0) is 19.7. The number of H-pyrrole nitrogens is 1. The molecule has 2 aromatic heterocycles. The highest BCUT2D eigenvalue weighted by Crippen LogP contribution is 2.32. The number of aromatic nitrogens is 3. The summed E-state index contributed by atoms with van der Waals surface area (Å²) in [4.78, 5) is 4.27. The number of aromatic amines is 1. The Morgan fingerprint density at radius 3 is 2.82 bits per heavy atom. The highest BCUT2D eigenvalue weighted by atomic mass is 32.2. The normalized spacial score (nSPS) is 12.7. The van der Waals surface area contributed by atoms with Gasteiger partial charge in [-0.15, -0.1) is 0 Å². The lowest BCUT2D eigenvalue weighted by molar-refractivity contribution is 0.545. The lowest BCUT2D eigenvalue weighted by Crippen LogP contribution is -2.18. The lowest BCUT2D eigenvalue weighted by atomic mass is 9.97. The van der Waals surface area contributed by atoms with Crippen molar-refractivity contribution in [3.63, 3.8) is 0 Å². The molecule has 0 aliphatic carbocycles. The molecule has 0 fully saturated rings. The monoisotopic (exact) mass is 402 g/mol. The van der Waals surface area contributed by atoms with E-state index in [1.165, 1.54) is 12.1 Å². The summed E-state index contributed by atoms with van der Waals surface area (Å²) in [6.45, 7) is 0.248. The molecule has 4 rings (SSSR count). The summed E-state index contributed by atoms with van der Waals surface area (Å²) in [6.07, 6.45) is 4.06. The molecule has 0 aliphatic rings. The molecule has 2 heterocycles. The molecule has 144 valence electrons. The minimum absolute atomic E-state index is 0.0922. The quantitative estimate of drug-likeness (QED) is 0.339. The van der Waals surface area contributed by atoms with Crippen molar-refractivity contribution < 1.29 is 17.5 Å². The second-order valence-electron chi connectivity index (χ2n) is 6.34. The second-order valence-corrected chi connectivity index (χ2v) is 7.12. The summed E-state index contributed by atoms with van der Waals surface area (Å²) >= 11 is -2.10. The number of nitrogens with one attached hydrogen (secondary N) is 2. The number of benzene rings is 2. The van der Waals surface area contributed by atoms with Gasteiger partial charge >= 0.3 is 0 Å². The van der Waals surface area contributed by atoms with E-state index in [1.807, 2.05) is 0 Å². The van der Waals surface area contributed by atoms with Crippen molar-refractivity contribution >= 4 is 33.1 Å². The van der Waals surface area contributed by atoms with Gasteiger partial charge in [-0.2, -0.15) is 5.10 Å². The summed E-state index contributed by atoms with van der Waals surface area (Å²) in [5.41, 5.74) is 1.33. The first-order chi connectivity index (χ1) is 13.5. The maximum Gasteiger partial charge on any atom is 0.231 e. The van der Waals surface area contributed by atoms with Crippen LogP contribution in [0.3, 0.4) is 0 Å². The topological polar surface area (TPSA) is 90.9 Å². The van der Waals surface area contributed by atoms with Crippen LogP contribution in [0.5, 0.6) is 0 Å². The summed E-state index contributed by atoms with van der Waals surface area (Å²) in [5, 5.41) is 9.25. The number of aryl methyl sites for hydroxylation is 1. The van der Waals surface area contributed by atoms with E-state index in [0.717, 1.165) is 16.2 Å².